The van der Waals surface area contributed by atoms with Crippen molar-refractivity contribution in [2.45, 2.75) is 13.8 Å². The summed E-state index contributed by atoms with van der Waals surface area (Å²) in [7, 11) is 1.74. The molecule has 0 fully saturated rings. The van der Waals surface area contributed by atoms with E-state index >= 15 is 0 Å². The van der Waals surface area contributed by atoms with Crippen LogP contribution in [0, 0.1) is 0 Å². The molecule has 0 aromatic heterocycles. The number of halogens is 2. The first-order valence-electron chi connectivity index (χ1n) is 4.90. The molecule has 0 aliphatic carbocycles. The van der Waals surface area contributed by atoms with Crippen molar-refractivity contribution in [3.63, 3.8) is 0 Å². The van der Waals surface area contributed by atoms with Gasteiger partial charge in [-0.3, -0.25) is 4.99 Å². The van der Waals surface area contributed by atoms with E-state index in [0.29, 0.717) is 10.0 Å². The maximum absolute atomic E-state index is 5.93. The number of anilines is 1. The van der Waals surface area contributed by atoms with Gasteiger partial charge < -0.3 is 5.32 Å². The Bertz CT molecular complexity index is 437. The molecule has 0 spiro atoms. The Kier molecular flexibility index (Phi) is 4.84. The van der Waals surface area contributed by atoms with E-state index in [-0.39, 0.29) is 0 Å². The third kappa shape index (κ3) is 3.26. The van der Waals surface area contributed by atoms with Gasteiger partial charge in [0.1, 0.15) is 5.84 Å². The zero-order valence-corrected chi connectivity index (χ0v) is 11.0. The molecule has 0 saturated heterocycles. The maximum atomic E-state index is 5.93. The summed E-state index contributed by atoms with van der Waals surface area (Å²) in [6.45, 7) is 3.96. The number of allylic oxidation sites excluding steroid dienone is 1. The minimum absolute atomic E-state index is 0.528. The maximum Gasteiger partial charge on any atom is 0.127 e. The van der Waals surface area contributed by atoms with E-state index < -0.39 is 0 Å². The van der Waals surface area contributed by atoms with E-state index in [1.807, 2.05) is 26.0 Å². The molecular weight excluding hydrogens is 243 g/mol. The van der Waals surface area contributed by atoms with Crippen molar-refractivity contribution in [2.75, 3.05) is 12.4 Å². The average Bonchev–Trinajstić information content (AvgIpc) is 2.29. The lowest BCUT2D eigenvalue weighted by Gasteiger charge is -2.10. The van der Waals surface area contributed by atoms with Crippen molar-refractivity contribution in [3.8, 4) is 0 Å². The number of amidine groups is 1. The monoisotopic (exact) mass is 256 g/mol. The van der Waals surface area contributed by atoms with Crippen molar-refractivity contribution in [3.05, 3.63) is 39.9 Å². The molecule has 16 heavy (non-hydrogen) atoms. The molecule has 0 bridgehead atoms. The van der Waals surface area contributed by atoms with Gasteiger partial charge >= 0.3 is 0 Å². The summed E-state index contributed by atoms with van der Waals surface area (Å²) in [6, 6.07) is 5.39. The number of hydrogen-bond acceptors (Lipinski definition) is 1. The van der Waals surface area contributed by atoms with Crippen LogP contribution >= 0.6 is 23.2 Å². The SMILES string of the molecule is CC=C(C)C(=NC)Nc1ccc(Cl)c(Cl)c1. The summed E-state index contributed by atoms with van der Waals surface area (Å²) in [5.41, 5.74) is 1.95. The summed E-state index contributed by atoms with van der Waals surface area (Å²) in [6.07, 6.45) is 1.99. The van der Waals surface area contributed by atoms with Gasteiger partial charge in [-0.1, -0.05) is 29.3 Å². The Hall–Kier alpha value is -0.990. The van der Waals surface area contributed by atoms with Crippen LogP contribution in [0.4, 0.5) is 5.69 Å². The van der Waals surface area contributed by atoms with Crippen LogP contribution in [0.5, 0.6) is 0 Å². The van der Waals surface area contributed by atoms with Crippen molar-refractivity contribution >= 4 is 34.7 Å². The first kappa shape index (κ1) is 13.1. The molecule has 1 N–H and O–H groups in total. The number of nitrogens with zero attached hydrogens (tertiary/aromatic N) is 1. The van der Waals surface area contributed by atoms with E-state index in [4.69, 9.17) is 23.2 Å². The van der Waals surface area contributed by atoms with Crippen LogP contribution in [0.15, 0.2) is 34.8 Å². The van der Waals surface area contributed by atoms with E-state index in [1.54, 1.807) is 19.2 Å². The van der Waals surface area contributed by atoms with Crippen LogP contribution in [0.1, 0.15) is 13.8 Å². The molecule has 0 unspecified atom stereocenters. The minimum Gasteiger partial charge on any atom is -0.340 e. The van der Waals surface area contributed by atoms with E-state index in [1.165, 1.54) is 0 Å². The zero-order chi connectivity index (χ0) is 12.1. The fourth-order valence-corrected chi connectivity index (χ4v) is 1.48. The molecule has 0 atom stereocenters. The van der Waals surface area contributed by atoms with Gasteiger partial charge in [-0.25, -0.2) is 0 Å². The zero-order valence-electron chi connectivity index (χ0n) is 9.51. The summed E-state index contributed by atoms with van der Waals surface area (Å²) in [5.74, 6) is 0.820. The summed E-state index contributed by atoms with van der Waals surface area (Å²) >= 11 is 11.8. The molecule has 1 rings (SSSR count). The highest BCUT2D eigenvalue weighted by molar-refractivity contribution is 6.42. The highest BCUT2D eigenvalue weighted by Crippen LogP contribution is 2.25. The number of aliphatic imine (C=N–C) groups is 1. The van der Waals surface area contributed by atoms with Gasteiger partial charge in [0.15, 0.2) is 0 Å². The fourth-order valence-electron chi connectivity index (χ4n) is 1.18. The molecule has 0 amide bonds. The highest BCUT2D eigenvalue weighted by atomic mass is 35.5. The van der Waals surface area contributed by atoms with Crippen molar-refractivity contribution in [2.24, 2.45) is 4.99 Å². The second-order valence-corrected chi connectivity index (χ2v) is 4.11. The molecule has 1 aromatic rings. The van der Waals surface area contributed by atoms with Gasteiger partial charge in [-0.2, -0.15) is 0 Å². The summed E-state index contributed by atoms with van der Waals surface area (Å²) < 4.78 is 0. The van der Waals surface area contributed by atoms with Gasteiger partial charge in [0, 0.05) is 12.7 Å². The van der Waals surface area contributed by atoms with Crippen LogP contribution in [0.3, 0.4) is 0 Å². The number of benzene rings is 1. The Morgan fingerprint density at radius 3 is 2.50 bits per heavy atom. The van der Waals surface area contributed by atoms with Gasteiger partial charge in [-0.15, -0.1) is 0 Å². The minimum atomic E-state index is 0.528. The predicted molar refractivity (Wildman–Crippen MR) is 72.9 cm³/mol. The van der Waals surface area contributed by atoms with Crippen LogP contribution in [-0.4, -0.2) is 12.9 Å². The Labute approximate surface area is 106 Å². The van der Waals surface area contributed by atoms with E-state index in [9.17, 15) is 0 Å². The molecule has 4 heteroatoms. The number of nitrogens with one attached hydrogen (secondary N) is 1. The summed E-state index contributed by atoms with van der Waals surface area (Å²) in [4.78, 5) is 4.17. The Balaban J connectivity index is 2.92. The normalized spacial score (nSPS) is 12.8. The first-order chi connectivity index (χ1) is 7.58. The van der Waals surface area contributed by atoms with Crippen molar-refractivity contribution < 1.29 is 0 Å². The lowest BCUT2D eigenvalue weighted by Crippen LogP contribution is -2.13. The number of hydrogen-bond donors (Lipinski definition) is 1. The molecule has 86 valence electrons. The highest BCUT2D eigenvalue weighted by Gasteiger charge is 2.03. The average molecular weight is 257 g/mol. The smallest absolute Gasteiger partial charge is 0.127 e. The molecular formula is C12H14Cl2N2. The third-order valence-corrected chi connectivity index (χ3v) is 2.95. The van der Waals surface area contributed by atoms with Crippen LogP contribution in [-0.2, 0) is 0 Å². The quantitative estimate of drug-likeness (QED) is 0.616. The van der Waals surface area contributed by atoms with Crippen molar-refractivity contribution in [1.82, 2.24) is 0 Å². The molecule has 0 saturated carbocycles. The second kappa shape index (κ2) is 5.92. The molecule has 0 aliphatic rings. The second-order valence-electron chi connectivity index (χ2n) is 3.30. The Morgan fingerprint density at radius 2 is 2.00 bits per heavy atom. The largest absolute Gasteiger partial charge is 0.340 e. The molecule has 2 nitrogen and oxygen atoms in total. The van der Waals surface area contributed by atoms with Gasteiger partial charge in [0.05, 0.1) is 10.0 Å². The van der Waals surface area contributed by atoms with Crippen LogP contribution < -0.4 is 5.32 Å². The molecule has 0 heterocycles. The van der Waals surface area contributed by atoms with Crippen molar-refractivity contribution in [1.29, 1.82) is 0 Å². The van der Waals surface area contributed by atoms with E-state index in [2.05, 4.69) is 10.3 Å². The standard InChI is InChI=1S/C12H14Cl2N2/c1-4-8(2)12(15-3)16-9-5-6-10(13)11(14)7-9/h4-7H,1-3H3,(H,15,16). The summed E-state index contributed by atoms with van der Waals surface area (Å²) in [5, 5.41) is 4.26. The topological polar surface area (TPSA) is 24.4 Å². The Morgan fingerprint density at radius 1 is 1.31 bits per heavy atom. The van der Waals surface area contributed by atoms with Gasteiger partial charge in [0.25, 0.3) is 0 Å². The molecule has 0 radical (unpaired) electrons. The van der Waals surface area contributed by atoms with Crippen LogP contribution in [0.25, 0.3) is 0 Å². The molecule has 0 aliphatic heterocycles. The van der Waals surface area contributed by atoms with Gasteiger partial charge in [-0.05, 0) is 37.6 Å². The third-order valence-electron chi connectivity index (χ3n) is 2.21. The molecule has 1 aromatic carbocycles. The van der Waals surface area contributed by atoms with E-state index in [0.717, 1.165) is 17.1 Å². The number of rotatable bonds is 2. The van der Waals surface area contributed by atoms with Gasteiger partial charge in [0.2, 0.25) is 0 Å². The predicted octanol–water partition coefficient (Wildman–Crippen LogP) is 4.40. The lowest BCUT2D eigenvalue weighted by atomic mass is 10.2. The lowest BCUT2D eigenvalue weighted by molar-refractivity contribution is 1.37. The fraction of sp³-hybridized carbons (Fsp3) is 0.250. The van der Waals surface area contributed by atoms with Crippen LogP contribution in [0.2, 0.25) is 10.0 Å². The first-order valence-corrected chi connectivity index (χ1v) is 5.66.